The standard InChI is InChI=1S/C24H23F7N2O5S/c25-16-3-6-19(7-4-16)39(37,38)33-17(12-21(35)32-10-9-18(34)13-32)5-1-14-11-15(2-8-20(14)33)22(36,23(26,27)28)24(29,30)31/h2-4,6-8,11,17-18,34,36H,1,5,9-10,12-13H2/t17-,18-/m0/s1. The molecule has 0 aliphatic carbocycles. The summed E-state index contributed by atoms with van der Waals surface area (Å²) >= 11 is 0. The fourth-order valence-corrected chi connectivity index (χ4v) is 6.60. The molecule has 2 atom stereocenters. The summed E-state index contributed by atoms with van der Waals surface area (Å²) in [5.41, 5.74) is -7.26. The van der Waals surface area contributed by atoms with E-state index in [1.807, 2.05) is 0 Å². The summed E-state index contributed by atoms with van der Waals surface area (Å²) in [6.45, 7) is 0.258. The first-order valence-corrected chi connectivity index (χ1v) is 13.2. The monoisotopic (exact) mass is 584 g/mol. The van der Waals surface area contributed by atoms with Crippen molar-refractivity contribution in [3.05, 3.63) is 59.4 Å². The van der Waals surface area contributed by atoms with E-state index in [0.717, 1.165) is 34.6 Å². The first-order chi connectivity index (χ1) is 18.0. The number of amides is 1. The van der Waals surface area contributed by atoms with Gasteiger partial charge in [-0.1, -0.05) is 12.1 Å². The molecular formula is C24H23F7N2O5S. The molecule has 0 bridgehead atoms. The van der Waals surface area contributed by atoms with Crippen molar-refractivity contribution in [2.45, 2.75) is 60.7 Å². The van der Waals surface area contributed by atoms with Gasteiger partial charge in [0.05, 0.1) is 22.7 Å². The number of anilines is 1. The van der Waals surface area contributed by atoms with Gasteiger partial charge in [0.15, 0.2) is 0 Å². The number of aliphatic hydroxyl groups excluding tert-OH is 1. The van der Waals surface area contributed by atoms with Crippen LogP contribution in [0.25, 0.3) is 0 Å². The molecule has 2 aliphatic rings. The summed E-state index contributed by atoms with van der Waals surface area (Å²) in [5.74, 6) is -1.25. The van der Waals surface area contributed by atoms with Crippen molar-refractivity contribution in [1.82, 2.24) is 4.90 Å². The predicted octanol–water partition coefficient (Wildman–Crippen LogP) is 3.63. The number of alkyl halides is 6. The highest BCUT2D eigenvalue weighted by molar-refractivity contribution is 7.92. The minimum absolute atomic E-state index is 0.0314. The van der Waals surface area contributed by atoms with Crippen LogP contribution in [0.1, 0.15) is 30.4 Å². The van der Waals surface area contributed by atoms with Crippen molar-refractivity contribution in [2.75, 3.05) is 17.4 Å². The van der Waals surface area contributed by atoms with Crippen molar-refractivity contribution in [3.8, 4) is 0 Å². The number of rotatable bonds is 5. The largest absolute Gasteiger partial charge is 0.430 e. The number of hydrogen-bond acceptors (Lipinski definition) is 5. The fourth-order valence-electron chi connectivity index (χ4n) is 4.88. The van der Waals surface area contributed by atoms with E-state index in [-0.39, 0.29) is 43.6 Å². The van der Waals surface area contributed by atoms with Crippen LogP contribution in [-0.2, 0) is 26.8 Å². The van der Waals surface area contributed by atoms with E-state index in [2.05, 4.69) is 0 Å². The zero-order valence-corrected chi connectivity index (χ0v) is 20.8. The summed E-state index contributed by atoms with van der Waals surface area (Å²) < 4.78 is 122. The molecule has 2 aromatic rings. The topological polar surface area (TPSA) is 98.2 Å². The van der Waals surface area contributed by atoms with E-state index < -0.39 is 62.3 Å². The van der Waals surface area contributed by atoms with Gasteiger partial charge in [0, 0.05) is 25.1 Å². The number of fused-ring (bicyclic) bond motifs is 1. The Morgan fingerprint density at radius 1 is 0.974 bits per heavy atom. The number of β-amino-alcohol motifs (C(OH)–C–C–N with tert-alkyl or cyclic N) is 1. The third kappa shape index (κ3) is 5.18. The second-order valence-corrected chi connectivity index (χ2v) is 11.3. The Bertz CT molecular complexity index is 1330. The number of hydrogen-bond donors (Lipinski definition) is 2. The van der Waals surface area contributed by atoms with Gasteiger partial charge in [-0.05, 0) is 55.2 Å². The number of aryl methyl sites for hydroxylation is 1. The molecule has 0 spiro atoms. The van der Waals surface area contributed by atoms with Crippen LogP contribution in [0.2, 0.25) is 0 Å². The van der Waals surface area contributed by atoms with Gasteiger partial charge >= 0.3 is 12.4 Å². The van der Waals surface area contributed by atoms with E-state index in [9.17, 15) is 54.2 Å². The molecule has 1 saturated heterocycles. The molecule has 2 aromatic carbocycles. The number of benzene rings is 2. The van der Waals surface area contributed by atoms with Crippen LogP contribution >= 0.6 is 0 Å². The third-order valence-corrected chi connectivity index (χ3v) is 8.81. The molecule has 2 heterocycles. The molecule has 1 fully saturated rings. The number of carbonyl (C=O) groups is 1. The van der Waals surface area contributed by atoms with Crippen LogP contribution < -0.4 is 4.31 Å². The van der Waals surface area contributed by atoms with E-state index in [4.69, 9.17) is 0 Å². The Kier molecular flexibility index (Phi) is 7.40. The van der Waals surface area contributed by atoms with Gasteiger partial charge in [0.25, 0.3) is 15.6 Å². The second-order valence-electron chi connectivity index (χ2n) is 9.48. The van der Waals surface area contributed by atoms with E-state index >= 15 is 0 Å². The van der Waals surface area contributed by atoms with Crippen molar-refractivity contribution >= 4 is 21.6 Å². The molecule has 2 aliphatic heterocycles. The van der Waals surface area contributed by atoms with Crippen molar-refractivity contribution < 1.29 is 54.2 Å². The average Bonchev–Trinajstić information content (AvgIpc) is 3.28. The molecule has 2 N–H and O–H groups in total. The van der Waals surface area contributed by atoms with Gasteiger partial charge in [-0.2, -0.15) is 26.3 Å². The molecule has 0 aromatic heterocycles. The van der Waals surface area contributed by atoms with Gasteiger partial charge in [0.1, 0.15) is 5.82 Å². The molecule has 39 heavy (non-hydrogen) atoms. The van der Waals surface area contributed by atoms with E-state index in [1.54, 1.807) is 0 Å². The number of aliphatic hydroxyl groups is 2. The highest BCUT2D eigenvalue weighted by Gasteiger charge is 2.71. The van der Waals surface area contributed by atoms with Gasteiger partial charge in [-0.25, -0.2) is 12.8 Å². The van der Waals surface area contributed by atoms with Crippen LogP contribution in [0.4, 0.5) is 36.4 Å². The SMILES string of the molecule is O=C(C[C@@H]1CCc2cc(C(O)(C(F)(F)F)C(F)(F)F)ccc2N1S(=O)(=O)c1ccc(F)cc1)N1CC[C@H](O)C1. The minimum Gasteiger partial charge on any atom is -0.391 e. The summed E-state index contributed by atoms with van der Waals surface area (Å²) in [6.07, 6.45) is -13.4. The fraction of sp³-hybridized carbons (Fsp3) is 0.458. The van der Waals surface area contributed by atoms with Crippen LogP contribution in [0.5, 0.6) is 0 Å². The van der Waals surface area contributed by atoms with Crippen LogP contribution in [0.15, 0.2) is 47.4 Å². The van der Waals surface area contributed by atoms with Gasteiger partial charge < -0.3 is 15.1 Å². The molecule has 4 rings (SSSR count). The lowest BCUT2D eigenvalue weighted by molar-refractivity contribution is -0.376. The quantitative estimate of drug-likeness (QED) is 0.524. The molecule has 15 heteroatoms. The number of carbonyl (C=O) groups excluding carboxylic acids is 1. The van der Waals surface area contributed by atoms with Crippen LogP contribution in [-0.4, -0.2) is 67.0 Å². The predicted molar refractivity (Wildman–Crippen MR) is 122 cm³/mol. The molecule has 0 unspecified atom stereocenters. The van der Waals surface area contributed by atoms with Crippen LogP contribution in [0.3, 0.4) is 0 Å². The smallest absolute Gasteiger partial charge is 0.391 e. The summed E-state index contributed by atoms with van der Waals surface area (Å²) in [4.78, 5) is 13.8. The highest BCUT2D eigenvalue weighted by atomic mass is 32.2. The second kappa shape index (κ2) is 9.93. The van der Waals surface area contributed by atoms with E-state index in [1.165, 1.54) is 4.90 Å². The lowest BCUT2D eigenvalue weighted by atomic mass is 9.87. The third-order valence-electron chi connectivity index (χ3n) is 6.93. The Morgan fingerprint density at radius 3 is 2.13 bits per heavy atom. The van der Waals surface area contributed by atoms with Crippen molar-refractivity contribution in [1.29, 1.82) is 0 Å². The number of nitrogens with zero attached hydrogens (tertiary/aromatic N) is 2. The highest BCUT2D eigenvalue weighted by Crippen LogP contribution is 2.51. The normalized spacial score (nSPS) is 20.7. The molecule has 0 radical (unpaired) electrons. The lowest BCUT2D eigenvalue weighted by Gasteiger charge is -2.39. The Hall–Kier alpha value is -2.91. The molecule has 7 nitrogen and oxygen atoms in total. The molecule has 214 valence electrons. The first-order valence-electron chi connectivity index (χ1n) is 11.7. The molecular weight excluding hydrogens is 561 g/mol. The maximum atomic E-state index is 13.7. The maximum absolute atomic E-state index is 13.7. The lowest BCUT2D eigenvalue weighted by Crippen LogP contribution is -2.54. The number of sulfonamides is 1. The Labute approximate surface area is 218 Å². The molecule has 1 amide bonds. The summed E-state index contributed by atoms with van der Waals surface area (Å²) in [5, 5.41) is 19.5. The van der Waals surface area contributed by atoms with Crippen molar-refractivity contribution in [3.63, 3.8) is 0 Å². The first kappa shape index (κ1) is 29.1. The molecule has 0 saturated carbocycles. The summed E-state index contributed by atoms with van der Waals surface area (Å²) in [6, 6.07) is 4.03. The van der Waals surface area contributed by atoms with Crippen molar-refractivity contribution in [2.24, 2.45) is 0 Å². The van der Waals surface area contributed by atoms with Gasteiger partial charge in [0.2, 0.25) is 5.91 Å². The Morgan fingerprint density at radius 2 is 1.59 bits per heavy atom. The average molecular weight is 585 g/mol. The van der Waals surface area contributed by atoms with Crippen LogP contribution in [0, 0.1) is 5.82 Å². The summed E-state index contributed by atoms with van der Waals surface area (Å²) in [7, 11) is -4.59. The van der Waals surface area contributed by atoms with E-state index in [0.29, 0.717) is 18.6 Å². The zero-order valence-electron chi connectivity index (χ0n) is 20.0. The zero-order chi connectivity index (χ0) is 29.0. The minimum atomic E-state index is -6.14. The Balaban J connectivity index is 1.80. The number of likely N-dealkylation sites (tertiary alicyclic amines) is 1. The van der Waals surface area contributed by atoms with Gasteiger partial charge in [-0.3, -0.25) is 9.10 Å². The van der Waals surface area contributed by atoms with Gasteiger partial charge in [-0.15, -0.1) is 0 Å². The maximum Gasteiger partial charge on any atom is 0.430 e. The number of halogens is 7.